The molecule has 0 saturated carbocycles. The lowest BCUT2D eigenvalue weighted by Gasteiger charge is -2.14. The molecule has 2 rings (SSSR count). The van der Waals surface area contributed by atoms with E-state index < -0.39 is 0 Å². The summed E-state index contributed by atoms with van der Waals surface area (Å²) >= 11 is 3.58. The van der Waals surface area contributed by atoms with Crippen molar-refractivity contribution in [2.75, 3.05) is 7.05 Å². The summed E-state index contributed by atoms with van der Waals surface area (Å²) in [5, 5.41) is 7.65. The van der Waals surface area contributed by atoms with Crippen molar-refractivity contribution in [2.24, 2.45) is 7.05 Å². The van der Waals surface area contributed by atoms with E-state index in [1.165, 1.54) is 5.69 Å². The molecule has 2 aromatic rings. The van der Waals surface area contributed by atoms with Crippen LogP contribution in [-0.2, 0) is 13.5 Å². The van der Waals surface area contributed by atoms with Gasteiger partial charge in [0.25, 0.3) is 0 Å². The Morgan fingerprint density at radius 2 is 2.35 bits per heavy atom. The third-order valence-electron chi connectivity index (χ3n) is 2.86. The van der Waals surface area contributed by atoms with Gasteiger partial charge in [-0.3, -0.25) is 4.68 Å². The Kier molecular flexibility index (Phi) is 3.63. The molecule has 0 radical (unpaired) electrons. The Balaban J connectivity index is 2.24. The molecule has 1 unspecified atom stereocenters. The molecule has 5 nitrogen and oxygen atoms in total. The van der Waals surface area contributed by atoms with Crippen molar-refractivity contribution in [1.29, 1.82) is 0 Å². The number of H-pyrrole nitrogens is 1. The summed E-state index contributed by atoms with van der Waals surface area (Å²) < 4.78 is 2.99. The maximum absolute atomic E-state index is 4.39. The van der Waals surface area contributed by atoms with E-state index in [-0.39, 0.29) is 6.04 Å². The first-order chi connectivity index (χ1) is 8.13. The van der Waals surface area contributed by atoms with Gasteiger partial charge in [0.1, 0.15) is 5.82 Å². The molecular formula is C11H16BrN5. The van der Waals surface area contributed by atoms with E-state index in [0.29, 0.717) is 0 Å². The van der Waals surface area contributed by atoms with Crippen molar-refractivity contribution < 1.29 is 0 Å². The van der Waals surface area contributed by atoms with Crippen LogP contribution >= 0.6 is 15.9 Å². The fourth-order valence-corrected chi connectivity index (χ4v) is 2.40. The van der Waals surface area contributed by atoms with E-state index in [2.05, 4.69) is 36.3 Å². The van der Waals surface area contributed by atoms with E-state index in [4.69, 9.17) is 0 Å². The summed E-state index contributed by atoms with van der Waals surface area (Å²) in [5.74, 6) is 0.943. The highest BCUT2D eigenvalue weighted by Crippen LogP contribution is 2.24. The van der Waals surface area contributed by atoms with Gasteiger partial charge in [0, 0.05) is 25.9 Å². The first kappa shape index (κ1) is 12.3. The first-order valence-electron chi connectivity index (χ1n) is 5.48. The van der Waals surface area contributed by atoms with E-state index >= 15 is 0 Å². The number of imidazole rings is 1. The maximum atomic E-state index is 4.39. The average molecular weight is 298 g/mol. The van der Waals surface area contributed by atoms with E-state index in [0.717, 1.165) is 22.4 Å². The minimum absolute atomic E-state index is 0.163. The summed E-state index contributed by atoms with van der Waals surface area (Å²) in [5.41, 5.74) is 2.18. The van der Waals surface area contributed by atoms with Gasteiger partial charge in [0.05, 0.1) is 21.9 Å². The summed E-state index contributed by atoms with van der Waals surface area (Å²) in [6, 6.07) is 0.163. The summed E-state index contributed by atoms with van der Waals surface area (Å²) in [6.45, 7) is 1.99. The molecule has 0 aliphatic heterocycles. The van der Waals surface area contributed by atoms with Gasteiger partial charge in [0.15, 0.2) is 0 Å². The zero-order valence-electron chi connectivity index (χ0n) is 10.2. The van der Waals surface area contributed by atoms with Crippen molar-refractivity contribution in [3.05, 3.63) is 34.1 Å². The van der Waals surface area contributed by atoms with Gasteiger partial charge < -0.3 is 10.3 Å². The maximum Gasteiger partial charge on any atom is 0.123 e. The summed E-state index contributed by atoms with van der Waals surface area (Å²) in [4.78, 5) is 7.42. The van der Waals surface area contributed by atoms with Crippen LogP contribution in [-0.4, -0.2) is 26.8 Å². The molecule has 0 saturated heterocycles. The number of nitrogens with one attached hydrogen (secondary N) is 2. The van der Waals surface area contributed by atoms with Crippen LogP contribution < -0.4 is 5.32 Å². The predicted octanol–water partition coefficient (Wildman–Crippen LogP) is 1.72. The highest BCUT2D eigenvalue weighted by atomic mass is 79.9. The van der Waals surface area contributed by atoms with Crippen LogP contribution in [0.1, 0.15) is 23.3 Å². The second-order valence-electron chi connectivity index (χ2n) is 3.99. The Labute approximate surface area is 109 Å². The molecule has 6 heteroatoms. The second kappa shape index (κ2) is 5.01. The topological polar surface area (TPSA) is 58.5 Å². The zero-order chi connectivity index (χ0) is 12.4. The van der Waals surface area contributed by atoms with Crippen LogP contribution in [0.2, 0.25) is 0 Å². The van der Waals surface area contributed by atoms with Crippen LogP contribution in [0.5, 0.6) is 0 Å². The lowest BCUT2D eigenvalue weighted by atomic mass is 10.1. The highest BCUT2D eigenvalue weighted by molar-refractivity contribution is 9.10. The van der Waals surface area contributed by atoms with Crippen molar-refractivity contribution in [3.8, 4) is 0 Å². The number of rotatable bonds is 4. The molecule has 0 aromatic carbocycles. The monoisotopic (exact) mass is 297 g/mol. The lowest BCUT2D eigenvalue weighted by Crippen LogP contribution is -2.21. The van der Waals surface area contributed by atoms with Crippen molar-refractivity contribution in [3.63, 3.8) is 0 Å². The van der Waals surface area contributed by atoms with E-state index in [1.807, 2.05) is 31.9 Å². The number of nitrogens with zero attached hydrogens (tertiary/aromatic N) is 3. The van der Waals surface area contributed by atoms with Gasteiger partial charge in [-0.1, -0.05) is 0 Å². The molecule has 0 amide bonds. The van der Waals surface area contributed by atoms with Gasteiger partial charge in [-0.2, -0.15) is 5.10 Å². The standard InChI is InChI=1S/C11H16BrN5/c1-7-10(12)9(17(3)16-7)6-8(13-2)11-14-4-5-15-11/h4-5,8,13H,6H2,1-3H3,(H,14,15). The molecule has 0 aliphatic rings. The highest BCUT2D eigenvalue weighted by Gasteiger charge is 2.18. The van der Waals surface area contributed by atoms with Gasteiger partial charge in [-0.05, 0) is 29.9 Å². The SMILES string of the molecule is CNC(Cc1c(Br)c(C)nn1C)c1ncc[nH]1. The number of hydrogen-bond acceptors (Lipinski definition) is 3. The van der Waals surface area contributed by atoms with Crippen molar-refractivity contribution in [2.45, 2.75) is 19.4 Å². The lowest BCUT2D eigenvalue weighted by molar-refractivity contribution is 0.537. The molecule has 17 heavy (non-hydrogen) atoms. The fourth-order valence-electron chi connectivity index (χ4n) is 1.90. The Hall–Kier alpha value is -1.14. The van der Waals surface area contributed by atoms with Gasteiger partial charge in [-0.25, -0.2) is 4.98 Å². The molecule has 2 aromatic heterocycles. The normalized spacial score (nSPS) is 12.9. The zero-order valence-corrected chi connectivity index (χ0v) is 11.7. The smallest absolute Gasteiger partial charge is 0.123 e. The summed E-state index contributed by atoms with van der Waals surface area (Å²) in [7, 11) is 3.90. The number of aryl methyl sites for hydroxylation is 2. The number of halogens is 1. The molecule has 2 N–H and O–H groups in total. The predicted molar refractivity (Wildman–Crippen MR) is 69.7 cm³/mol. The fraction of sp³-hybridized carbons (Fsp3) is 0.455. The van der Waals surface area contributed by atoms with Gasteiger partial charge in [0.2, 0.25) is 0 Å². The molecule has 2 heterocycles. The quantitative estimate of drug-likeness (QED) is 0.903. The van der Waals surface area contributed by atoms with Crippen LogP contribution in [0.4, 0.5) is 0 Å². The molecular weight excluding hydrogens is 282 g/mol. The summed E-state index contributed by atoms with van der Waals surface area (Å²) in [6.07, 6.45) is 4.44. The van der Waals surface area contributed by atoms with E-state index in [9.17, 15) is 0 Å². The van der Waals surface area contributed by atoms with Gasteiger partial charge >= 0.3 is 0 Å². The Morgan fingerprint density at radius 1 is 1.59 bits per heavy atom. The largest absolute Gasteiger partial charge is 0.347 e. The Morgan fingerprint density at radius 3 is 2.82 bits per heavy atom. The van der Waals surface area contributed by atoms with Crippen LogP contribution in [0.3, 0.4) is 0 Å². The molecule has 92 valence electrons. The second-order valence-corrected chi connectivity index (χ2v) is 4.78. The van der Waals surface area contributed by atoms with Crippen molar-refractivity contribution in [1.82, 2.24) is 25.1 Å². The van der Waals surface area contributed by atoms with Crippen LogP contribution in [0.25, 0.3) is 0 Å². The molecule has 0 aliphatic carbocycles. The minimum atomic E-state index is 0.163. The number of aromatic amines is 1. The number of hydrogen-bond donors (Lipinski definition) is 2. The van der Waals surface area contributed by atoms with Crippen molar-refractivity contribution >= 4 is 15.9 Å². The molecule has 0 spiro atoms. The molecule has 1 atom stereocenters. The first-order valence-corrected chi connectivity index (χ1v) is 6.27. The van der Waals surface area contributed by atoms with E-state index in [1.54, 1.807) is 6.20 Å². The van der Waals surface area contributed by atoms with Gasteiger partial charge in [-0.15, -0.1) is 0 Å². The minimum Gasteiger partial charge on any atom is -0.347 e. The number of likely N-dealkylation sites (N-methyl/N-ethyl adjacent to an activating group) is 1. The van der Waals surface area contributed by atoms with Crippen LogP contribution in [0, 0.1) is 6.92 Å². The van der Waals surface area contributed by atoms with Crippen LogP contribution in [0.15, 0.2) is 16.9 Å². The molecule has 0 fully saturated rings. The molecule has 0 bridgehead atoms. The third kappa shape index (κ3) is 2.42. The Bertz CT molecular complexity index is 488. The number of aromatic nitrogens is 4. The average Bonchev–Trinajstić information content (AvgIpc) is 2.89. The third-order valence-corrected chi connectivity index (χ3v) is 3.89.